The Bertz CT molecular complexity index is 830. The molecule has 0 aliphatic rings. The van der Waals surface area contributed by atoms with Crippen molar-refractivity contribution in [2.75, 3.05) is 0 Å². The highest BCUT2D eigenvalue weighted by atomic mass is 16.6. The van der Waals surface area contributed by atoms with E-state index < -0.39 is 27.1 Å². The molecule has 0 spiro atoms. The molecule has 0 fully saturated rings. The van der Waals surface area contributed by atoms with Gasteiger partial charge in [-0.15, -0.1) is 0 Å². The first-order valence-electron chi connectivity index (χ1n) is 6.96. The second-order valence-electron chi connectivity index (χ2n) is 4.74. The highest BCUT2D eigenvalue weighted by Crippen LogP contribution is 2.22. The molecule has 0 bridgehead atoms. The van der Waals surface area contributed by atoms with Gasteiger partial charge in [0.1, 0.15) is 0 Å². The Balaban J connectivity index is 2.07. The molecule has 9 nitrogen and oxygen atoms in total. The molecule has 0 unspecified atom stereocenters. The van der Waals surface area contributed by atoms with Gasteiger partial charge in [0.25, 0.3) is 17.3 Å². The van der Waals surface area contributed by atoms with Crippen molar-refractivity contribution in [3.05, 3.63) is 86.0 Å². The number of nitrogens with zero attached hydrogens (tertiary/aromatic N) is 3. The normalized spacial score (nSPS) is 10.9. The van der Waals surface area contributed by atoms with Crippen LogP contribution in [0, 0.1) is 20.2 Å². The molecule has 1 amide bonds. The molecule has 0 aromatic heterocycles. The van der Waals surface area contributed by atoms with Crippen molar-refractivity contribution in [1.29, 1.82) is 0 Å². The van der Waals surface area contributed by atoms with E-state index in [-0.39, 0.29) is 5.56 Å². The summed E-state index contributed by atoms with van der Waals surface area (Å²) in [6, 6.07) is 12.0. The first-order valence-corrected chi connectivity index (χ1v) is 6.96. The summed E-state index contributed by atoms with van der Waals surface area (Å²) in [5.74, 6) is -0.795. The van der Waals surface area contributed by atoms with Crippen LogP contribution in [0.3, 0.4) is 0 Å². The first kappa shape index (κ1) is 17.5. The third-order valence-corrected chi connectivity index (χ3v) is 3.00. The van der Waals surface area contributed by atoms with Gasteiger partial charge in [0.15, 0.2) is 0 Å². The summed E-state index contributed by atoms with van der Waals surface area (Å²) in [5, 5.41) is 25.3. The highest BCUT2D eigenvalue weighted by Gasteiger charge is 2.19. The summed E-state index contributed by atoms with van der Waals surface area (Å²) in [7, 11) is 0. The predicted molar refractivity (Wildman–Crippen MR) is 91.2 cm³/mol. The summed E-state index contributed by atoms with van der Waals surface area (Å²) >= 11 is 0. The first-order chi connectivity index (χ1) is 12.0. The zero-order valence-electron chi connectivity index (χ0n) is 12.7. The van der Waals surface area contributed by atoms with E-state index in [1.54, 1.807) is 12.2 Å². The Morgan fingerprint density at radius 3 is 2.16 bits per heavy atom. The summed E-state index contributed by atoms with van der Waals surface area (Å²) in [6.45, 7) is 0. The largest absolute Gasteiger partial charge is 0.277 e. The Labute approximate surface area is 141 Å². The van der Waals surface area contributed by atoms with Crippen LogP contribution in [0.5, 0.6) is 0 Å². The molecule has 1 N–H and O–H groups in total. The number of nitrogens with one attached hydrogen (secondary N) is 1. The predicted octanol–water partition coefficient (Wildman–Crippen LogP) is 2.93. The van der Waals surface area contributed by atoms with Crippen LogP contribution < -0.4 is 5.43 Å². The molecule has 0 aliphatic carbocycles. The average Bonchev–Trinajstić information content (AvgIpc) is 2.61. The van der Waals surface area contributed by atoms with Crippen molar-refractivity contribution in [2.45, 2.75) is 0 Å². The van der Waals surface area contributed by atoms with Gasteiger partial charge in [-0.2, -0.15) is 5.10 Å². The van der Waals surface area contributed by atoms with Gasteiger partial charge in [0, 0.05) is 18.3 Å². The van der Waals surface area contributed by atoms with E-state index in [4.69, 9.17) is 0 Å². The van der Waals surface area contributed by atoms with Gasteiger partial charge in [-0.1, -0.05) is 36.4 Å². The fraction of sp³-hybridized carbons (Fsp3) is 0. The van der Waals surface area contributed by atoms with Crippen molar-refractivity contribution in [1.82, 2.24) is 5.43 Å². The van der Waals surface area contributed by atoms with Crippen LogP contribution in [0.4, 0.5) is 11.4 Å². The summed E-state index contributed by atoms with van der Waals surface area (Å²) in [4.78, 5) is 31.9. The van der Waals surface area contributed by atoms with E-state index in [0.29, 0.717) is 0 Å². The van der Waals surface area contributed by atoms with Gasteiger partial charge in [-0.05, 0) is 11.6 Å². The molecule has 0 saturated heterocycles. The van der Waals surface area contributed by atoms with E-state index in [1.807, 2.05) is 30.3 Å². The lowest BCUT2D eigenvalue weighted by Crippen LogP contribution is -2.17. The molecular weight excluding hydrogens is 328 g/mol. The maximum absolute atomic E-state index is 11.9. The molecule has 9 heteroatoms. The quantitative estimate of drug-likeness (QED) is 0.491. The van der Waals surface area contributed by atoms with Crippen molar-refractivity contribution < 1.29 is 14.6 Å². The average molecular weight is 340 g/mol. The number of non-ortho nitro benzene ring substituents is 2. The molecule has 0 saturated carbocycles. The van der Waals surface area contributed by atoms with Gasteiger partial charge in [-0.3, -0.25) is 25.0 Å². The number of nitro groups is 2. The summed E-state index contributed by atoms with van der Waals surface area (Å²) < 4.78 is 0. The lowest BCUT2D eigenvalue weighted by Gasteiger charge is -2.00. The van der Waals surface area contributed by atoms with Crippen LogP contribution in [-0.4, -0.2) is 22.0 Å². The molecule has 2 aromatic rings. The summed E-state index contributed by atoms with van der Waals surface area (Å²) in [6.07, 6.45) is 4.66. The second kappa shape index (κ2) is 8.11. The van der Waals surface area contributed by atoms with Gasteiger partial charge < -0.3 is 0 Å². The third-order valence-electron chi connectivity index (χ3n) is 3.00. The van der Waals surface area contributed by atoms with Crippen LogP contribution in [0.25, 0.3) is 6.08 Å². The van der Waals surface area contributed by atoms with Crippen molar-refractivity contribution in [3.8, 4) is 0 Å². The minimum atomic E-state index is -0.810. The number of benzene rings is 2. The van der Waals surface area contributed by atoms with Crippen molar-refractivity contribution in [2.24, 2.45) is 5.10 Å². The number of allylic oxidation sites excluding steroid dienone is 1. The van der Waals surface area contributed by atoms with E-state index in [1.165, 1.54) is 6.21 Å². The van der Waals surface area contributed by atoms with Gasteiger partial charge in [0.05, 0.1) is 21.5 Å². The fourth-order valence-corrected chi connectivity index (χ4v) is 1.86. The molecule has 0 atom stereocenters. The maximum atomic E-state index is 11.9. The maximum Gasteiger partial charge on any atom is 0.277 e. The Morgan fingerprint density at radius 1 is 1.00 bits per heavy atom. The lowest BCUT2D eigenvalue weighted by atomic mass is 10.1. The number of rotatable bonds is 6. The molecule has 0 radical (unpaired) electrons. The molecular formula is C16H12N4O5. The van der Waals surface area contributed by atoms with Gasteiger partial charge >= 0.3 is 0 Å². The SMILES string of the molecule is O=C(N/N=C/C=C/c1ccccc1)c1cc([N+](=O)[O-])cc([N+](=O)[O-])c1. The molecule has 2 aromatic carbocycles. The number of hydrazone groups is 1. The van der Waals surface area contributed by atoms with Crippen LogP contribution in [0.1, 0.15) is 15.9 Å². The lowest BCUT2D eigenvalue weighted by molar-refractivity contribution is -0.394. The zero-order chi connectivity index (χ0) is 18.2. The van der Waals surface area contributed by atoms with E-state index >= 15 is 0 Å². The summed E-state index contributed by atoms with van der Waals surface area (Å²) in [5.41, 5.74) is 1.76. The Kier molecular flexibility index (Phi) is 5.67. The van der Waals surface area contributed by atoms with Crippen molar-refractivity contribution in [3.63, 3.8) is 0 Å². The van der Waals surface area contributed by atoms with Crippen LogP contribution in [0.2, 0.25) is 0 Å². The van der Waals surface area contributed by atoms with Crippen molar-refractivity contribution >= 4 is 29.6 Å². The van der Waals surface area contributed by atoms with Crippen LogP contribution in [-0.2, 0) is 0 Å². The zero-order valence-corrected chi connectivity index (χ0v) is 12.7. The Morgan fingerprint density at radius 2 is 1.60 bits per heavy atom. The molecule has 25 heavy (non-hydrogen) atoms. The standard InChI is InChI=1S/C16H12N4O5/c21-16(18-17-8-4-7-12-5-2-1-3-6-12)13-9-14(19(22)23)11-15(10-13)20(24)25/h1-11H,(H,18,21)/b7-4+,17-8+. The van der Waals surface area contributed by atoms with E-state index in [2.05, 4.69) is 10.5 Å². The van der Waals surface area contributed by atoms with E-state index in [9.17, 15) is 25.0 Å². The number of nitro benzene ring substituents is 2. The monoisotopic (exact) mass is 340 g/mol. The number of amides is 1. The molecule has 0 aliphatic heterocycles. The molecule has 2 rings (SSSR count). The molecule has 0 heterocycles. The number of carbonyl (C=O) groups excluding carboxylic acids is 1. The minimum absolute atomic E-state index is 0.231. The molecule has 126 valence electrons. The topological polar surface area (TPSA) is 128 Å². The Hall–Kier alpha value is -3.88. The number of hydrogen-bond acceptors (Lipinski definition) is 6. The smallest absolute Gasteiger partial charge is 0.267 e. The van der Waals surface area contributed by atoms with Gasteiger partial charge in [-0.25, -0.2) is 5.43 Å². The van der Waals surface area contributed by atoms with Crippen LogP contribution in [0.15, 0.2) is 59.7 Å². The fourth-order valence-electron chi connectivity index (χ4n) is 1.86. The third kappa shape index (κ3) is 5.06. The minimum Gasteiger partial charge on any atom is -0.267 e. The highest BCUT2D eigenvalue weighted by molar-refractivity contribution is 5.96. The van der Waals surface area contributed by atoms with Crippen LogP contribution >= 0.6 is 0 Å². The number of hydrogen-bond donors (Lipinski definition) is 1. The number of carbonyl (C=O) groups is 1. The van der Waals surface area contributed by atoms with Gasteiger partial charge in [0.2, 0.25) is 0 Å². The van der Waals surface area contributed by atoms with E-state index in [0.717, 1.165) is 23.8 Å². The second-order valence-corrected chi connectivity index (χ2v) is 4.74.